The molecule has 0 fully saturated rings. The molecular formula is C17H23N2O3P. The van der Waals surface area contributed by atoms with Gasteiger partial charge >= 0.3 is 7.60 Å². The third kappa shape index (κ3) is 4.98. The molecule has 1 aromatic carbocycles. The lowest BCUT2D eigenvalue weighted by molar-refractivity contribution is 0.206. The van der Waals surface area contributed by atoms with Crippen LogP contribution in [0.1, 0.15) is 30.9 Å². The minimum Gasteiger partial charge on any atom is -0.308 e. The molecule has 2 aromatic rings. The first-order chi connectivity index (χ1) is 11.2. The Balaban J connectivity index is 2.26. The van der Waals surface area contributed by atoms with Crippen molar-refractivity contribution in [3.63, 3.8) is 0 Å². The fourth-order valence-electron chi connectivity index (χ4n) is 2.27. The molecule has 0 saturated carbocycles. The maximum atomic E-state index is 13.2. The Morgan fingerprint density at radius 2 is 1.70 bits per heavy atom. The van der Waals surface area contributed by atoms with Crippen molar-refractivity contribution < 1.29 is 13.6 Å². The Labute approximate surface area is 137 Å². The average Bonchev–Trinajstić information content (AvgIpc) is 2.57. The molecule has 0 aliphatic carbocycles. The van der Waals surface area contributed by atoms with E-state index in [1.165, 1.54) is 0 Å². The van der Waals surface area contributed by atoms with Crippen LogP contribution in [0.2, 0.25) is 0 Å². The van der Waals surface area contributed by atoms with Crippen molar-refractivity contribution in [2.75, 3.05) is 13.2 Å². The lowest BCUT2D eigenvalue weighted by atomic mass is 10.2. The van der Waals surface area contributed by atoms with E-state index in [1.807, 2.05) is 48.5 Å². The molecule has 1 heterocycles. The number of nitrogens with one attached hydrogen (secondary N) is 1. The van der Waals surface area contributed by atoms with E-state index in [0.717, 1.165) is 5.56 Å². The molecule has 0 aliphatic heterocycles. The van der Waals surface area contributed by atoms with Crippen LogP contribution in [0.25, 0.3) is 0 Å². The smallest absolute Gasteiger partial charge is 0.308 e. The van der Waals surface area contributed by atoms with Gasteiger partial charge in [-0.3, -0.25) is 14.9 Å². The minimum absolute atomic E-state index is 0.313. The second kappa shape index (κ2) is 8.94. The second-order valence-electron chi connectivity index (χ2n) is 4.90. The van der Waals surface area contributed by atoms with Gasteiger partial charge in [0.15, 0.2) is 5.78 Å². The van der Waals surface area contributed by atoms with Gasteiger partial charge in [-0.2, -0.15) is 0 Å². The van der Waals surface area contributed by atoms with Gasteiger partial charge in [0, 0.05) is 12.7 Å². The molecular weight excluding hydrogens is 311 g/mol. The topological polar surface area (TPSA) is 60.5 Å². The van der Waals surface area contributed by atoms with Gasteiger partial charge in [-0.15, -0.1) is 0 Å². The standard InChI is InChI=1S/C17H23N2O3P/c1-3-21-23(20,22-4-2)17(16-12-8-9-13-18-16)19-14-15-10-6-5-7-11-15/h5-13,17,19H,3-4,14H2,1-2H3. The maximum absolute atomic E-state index is 13.2. The molecule has 6 heteroatoms. The second-order valence-corrected chi connectivity index (χ2v) is 7.01. The number of pyridine rings is 1. The van der Waals surface area contributed by atoms with E-state index in [1.54, 1.807) is 20.0 Å². The lowest BCUT2D eigenvalue weighted by Crippen LogP contribution is -2.24. The van der Waals surface area contributed by atoms with Gasteiger partial charge in [-0.05, 0) is 31.5 Å². The molecule has 1 N–H and O–H groups in total. The van der Waals surface area contributed by atoms with Crippen molar-refractivity contribution in [2.24, 2.45) is 0 Å². The molecule has 1 atom stereocenters. The van der Waals surface area contributed by atoms with Crippen LogP contribution in [0.5, 0.6) is 0 Å². The number of rotatable bonds is 9. The van der Waals surface area contributed by atoms with Gasteiger partial charge in [0.1, 0.15) is 0 Å². The zero-order valence-corrected chi connectivity index (χ0v) is 14.4. The molecule has 2 rings (SSSR count). The highest BCUT2D eigenvalue weighted by Gasteiger charge is 2.37. The molecule has 0 spiro atoms. The Morgan fingerprint density at radius 3 is 2.26 bits per heavy atom. The lowest BCUT2D eigenvalue weighted by Gasteiger charge is -2.26. The van der Waals surface area contributed by atoms with E-state index in [2.05, 4.69) is 10.3 Å². The molecule has 0 aliphatic rings. The first-order valence-electron chi connectivity index (χ1n) is 7.76. The number of aromatic nitrogens is 1. The normalized spacial score (nSPS) is 13.0. The Hall–Kier alpha value is -1.52. The number of nitrogens with zero attached hydrogens (tertiary/aromatic N) is 1. The van der Waals surface area contributed by atoms with E-state index in [4.69, 9.17) is 9.05 Å². The highest BCUT2D eigenvalue weighted by Crippen LogP contribution is 2.59. The molecule has 1 aromatic heterocycles. The van der Waals surface area contributed by atoms with Gasteiger partial charge in [0.2, 0.25) is 0 Å². The van der Waals surface area contributed by atoms with Crippen LogP contribution in [-0.2, 0) is 20.2 Å². The molecule has 5 nitrogen and oxygen atoms in total. The van der Waals surface area contributed by atoms with E-state index in [0.29, 0.717) is 25.5 Å². The summed E-state index contributed by atoms with van der Waals surface area (Å²) in [7, 11) is -3.36. The van der Waals surface area contributed by atoms with Crippen molar-refractivity contribution in [1.82, 2.24) is 10.3 Å². The Bertz CT molecular complexity index is 612. The van der Waals surface area contributed by atoms with Gasteiger partial charge in [-0.1, -0.05) is 36.4 Å². The van der Waals surface area contributed by atoms with Crippen molar-refractivity contribution >= 4 is 7.60 Å². The van der Waals surface area contributed by atoms with Crippen LogP contribution in [-0.4, -0.2) is 18.2 Å². The molecule has 23 heavy (non-hydrogen) atoms. The predicted octanol–water partition coefficient (Wildman–Crippen LogP) is 4.14. The third-order valence-electron chi connectivity index (χ3n) is 3.24. The van der Waals surface area contributed by atoms with Crippen LogP contribution < -0.4 is 5.32 Å². The van der Waals surface area contributed by atoms with Crippen molar-refractivity contribution in [2.45, 2.75) is 26.2 Å². The zero-order chi connectivity index (χ0) is 16.5. The highest BCUT2D eigenvalue weighted by molar-refractivity contribution is 7.54. The highest BCUT2D eigenvalue weighted by atomic mass is 31.2. The van der Waals surface area contributed by atoms with E-state index in [-0.39, 0.29) is 0 Å². The summed E-state index contributed by atoms with van der Waals surface area (Å²) in [5.41, 5.74) is 1.74. The summed E-state index contributed by atoms with van der Waals surface area (Å²) in [6.07, 6.45) is 1.68. The fraction of sp³-hybridized carbons (Fsp3) is 0.353. The van der Waals surface area contributed by atoms with Crippen molar-refractivity contribution in [1.29, 1.82) is 0 Å². The summed E-state index contributed by atoms with van der Waals surface area (Å²) in [4.78, 5) is 4.33. The van der Waals surface area contributed by atoms with Gasteiger partial charge in [0.25, 0.3) is 0 Å². The zero-order valence-electron chi connectivity index (χ0n) is 13.5. The first-order valence-corrected chi connectivity index (χ1v) is 9.37. The van der Waals surface area contributed by atoms with E-state index in [9.17, 15) is 4.57 Å². The SMILES string of the molecule is CCOP(=O)(OCC)C(NCc1ccccc1)c1ccccn1. The molecule has 0 bridgehead atoms. The monoisotopic (exact) mass is 334 g/mol. The summed E-state index contributed by atoms with van der Waals surface area (Å²) in [5.74, 6) is -0.608. The minimum atomic E-state index is -3.36. The molecule has 1 unspecified atom stereocenters. The Morgan fingerprint density at radius 1 is 1.04 bits per heavy atom. The summed E-state index contributed by atoms with van der Waals surface area (Å²) >= 11 is 0. The first kappa shape index (κ1) is 17.8. The maximum Gasteiger partial charge on any atom is 0.353 e. The van der Waals surface area contributed by atoms with Crippen LogP contribution in [0.4, 0.5) is 0 Å². The van der Waals surface area contributed by atoms with E-state index < -0.39 is 13.4 Å². The van der Waals surface area contributed by atoms with Crippen molar-refractivity contribution in [3.8, 4) is 0 Å². The number of benzene rings is 1. The summed E-state index contributed by atoms with van der Waals surface area (Å²) in [6.45, 7) is 4.78. The summed E-state index contributed by atoms with van der Waals surface area (Å²) < 4.78 is 24.2. The Kier molecular flexibility index (Phi) is 6.93. The largest absolute Gasteiger partial charge is 0.353 e. The molecule has 0 amide bonds. The van der Waals surface area contributed by atoms with Crippen LogP contribution in [0, 0.1) is 0 Å². The molecule has 124 valence electrons. The van der Waals surface area contributed by atoms with Crippen LogP contribution in [0.3, 0.4) is 0 Å². The summed E-state index contributed by atoms with van der Waals surface area (Å²) in [6, 6.07) is 15.4. The van der Waals surface area contributed by atoms with Gasteiger partial charge < -0.3 is 9.05 Å². The van der Waals surface area contributed by atoms with E-state index >= 15 is 0 Å². The number of hydrogen-bond acceptors (Lipinski definition) is 5. The van der Waals surface area contributed by atoms with Gasteiger partial charge in [-0.25, -0.2) is 0 Å². The van der Waals surface area contributed by atoms with Crippen LogP contribution >= 0.6 is 7.60 Å². The number of hydrogen-bond donors (Lipinski definition) is 1. The molecule has 0 radical (unpaired) electrons. The summed E-state index contributed by atoms with van der Waals surface area (Å²) in [5, 5.41) is 3.29. The van der Waals surface area contributed by atoms with Crippen molar-refractivity contribution in [3.05, 3.63) is 66.0 Å². The fourth-order valence-corrected chi connectivity index (χ4v) is 4.16. The molecule has 0 saturated heterocycles. The third-order valence-corrected chi connectivity index (χ3v) is 5.56. The average molecular weight is 334 g/mol. The van der Waals surface area contributed by atoms with Gasteiger partial charge in [0.05, 0.1) is 18.9 Å². The van der Waals surface area contributed by atoms with Crippen LogP contribution in [0.15, 0.2) is 54.7 Å². The quantitative estimate of drug-likeness (QED) is 0.699. The predicted molar refractivity (Wildman–Crippen MR) is 91.1 cm³/mol.